The summed E-state index contributed by atoms with van der Waals surface area (Å²) in [6.45, 7) is 3.25. The molecule has 3 heterocycles. The average Bonchev–Trinajstić information content (AvgIpc) is 3.01. The van der Waals surface area contributed by atoms with Crippen LogP contribution in [-0.4, -0.2) is 37.9 Å². The van der Waals surface area contributed by atoms with Crippen molar-refractivity contribution >= 4 is 5.82 Å². The van der Waals surface area contributed by atoms with E-state index in [0.717, 1.165) is 28.3 Å². The lowest BCUT2D eigenvalue weighted by molar-refractivity contribution is 0.0116. The average molecular weight is 367 g/mol. The summed E-state index contributed by atoms with van der Waals surface area (Å²) in [6, 6.07) is 6.11. The number of aromatic nitrogens is 4. The Hall–Kier alpha value is -2.80. The van der Waals surface area contributed by atoms with Crippen molar-refractivity contribution in [1.82, 2.24) is 19.7 Å². The van der Waals surface area contributed by atoms with Crippen LogP contribution in [0.5, 0.6) is 0 Å². The molecule has 0 spiro atoms. The number of hydrogen-bond acceptors (Lipinski definition) is 5. The summed E-state index contributed by atoms with van der Waals surface area (Å²) in [5, 5.41) is 15.3. The third-order valence-corrected chi connectivity index (χ3v) is 5.21. The maximum atomic E-state index is 13.2. The predicted molar refractivity (Wildman–Crippen MR) is 101 cm³/mol. The smallest absolute Gasteiger partial charge is 0.147 e. The first kappa shape index (κ1) is 17.6. The van der Waals surface area contributed by atoms with Crippen LogP contribution in [0, 0.1) is 12.7 Å². The Morgan fingerprint density at radius 1 is 1.11 bits per heavy atom. The van der Waals surface area contributed by atoms with Crippen LogP contribution >= 0.6 is 0 Å². The van der Waals surface area contributed by atoms with E-state index in [0.29, 0.717) is 25.9 Å². The molecule has 1 aliphatic rings. The molecular weight excluding hydrogens is 345 g/mol. The number of hydrogen-bond donors (Lipinski definition) is 1. The zero-order valence-electron chi connectivity index (χ0n) is 15.4. The highest BCUT2D eigenvalue weighted by molar-refractivity contribution is 5.61. The molecule has 1 N–H and O–H groups in total. The highest BCUT2D eigenvalue weighted by Crippen LogP contribution is 2.34. The number of piperidine rings is 1. The topological polar surface area (TPSA) is 67.1 Å². The summed E-state index contributed by atoms with van der Waals surface area (Å²) < 4.78 is 14.9. The van der Waals surface area contributed by atoms with Crippen LogP contribution in [0.25, 0.3) is 11.3 Å². The fourth-order valence-corrected chi connectivity index (χ4v) is 3.64. The number of rotatable bonds is 3. The number of anilines is 1. The van der Waals surface area contributed by atoms with Crippen molar-refractivity contribution in [2.24, 2.45) is 7.05 Å². The monoisotopic (exact) mass is 367 g/mol. The first-order chi connectivity index (χ1) is 12.9. The van der Waals surface area contributed by atoms with Gasteiger partial charge in [-0.1, -0.05) is 12.1 Å². The minimum atomic E-state index is -0.935. The third kappa shape index (κ3) is 3.42. The van der Waals surface area contributed by atoms with Crippen molar-refractivity contribution in [3.05, 3.63) is 59.9 Å². The molecule has 1 aliphatic heterocycles. The lowest BCUT2D eigenvalue weighted by atomic mass is 9.84. The highest BCUT2D eigenvalue weighted by Gasteiger charge is 2.34. The normalized spacial score (nSPS) is 16.5. The Morgan fingerprint density at radius 2 is 1.81 bits per heavy atom. The zero-order chi connectivity index (χ0) is 19.0. The van der Waals surface area contributed by atoms with E-state index in [1.807, 2.05) is 20.2 Å². The van der Waals surface area contributed by atoms with E-state index in [2.05, 4.69) is 15.0 Å². The summed E-state index contributed by atoms with van der Waals surface area (Å²) in [5.74, 6) is 0.495. The molecule has 0 unspecified atom stereocenters. The first-order valence-corrected chi connectivity index (χ1v) is 9.01. The molecule has 2 aromatic heterocycles. The number of halogens is 1. The van der Waals surface area contributed by atoms with E-state index < -0.39 is 5.60 Å². The van der Waals surface area contributed by atoms with Crippen LogP contribution in [0.15, 0.2) is 42.9 Å². The molecule has 1 saturated heterocycles. The summed E-state index contributed by atoms with van der Waals surface area (Å²) in [5.41, 5.74) is 2.49. The molecule has 1 aromatic carbocycles. The van der Waals surface area contributed by atoms with Gasteiger partial charge in [0.1, 0.15) is 11.6 Å². The second kappa shape index (κ2) is 6.74. The molecule has 1 fully saturated rings. The van der Waals surface area contributed by atoms with Gasteiger partial charge >= 0.3 is 0 Å². The van der Waals surface area contributed by atoms with E-state index >= 15 is 0 Å². The Kier molecular flexibility index (Phi) is 4.39. The van der Waals surface area contributed by atoms with Gasteiger partial charge in [0.15, 0.2) is 0 Å². The number of aryl methyl sites for hydroxylation is 2. The summed E-state index contributed by atoms with van der Waals surface area (Å²) >= 11 is 0. The van der Waals surface area contributed by atoms with E-state index in [1.54, 1.807) is 29.2 Å². The van der Waals surface area contributed by atoms with Gasteiger partial charge in [-0.25, -0.2) is 9.37 Å². The molecule has 0 bridgehead atoms. The minimum Gasteiger partial charge on any atom is -0.385 e. The second-order valence-corrected chi connectivity index (χ2v) is 7.09. The summed E-state index contributed by atoms with van der Waals surface area (Å²) in [6.07, 6.45) is 6.53. The highest BCUT2D eigenvalue weighted by atomic mass is 19.1. The van der Waals surface area contributed by atoms with Gasteiger partial charge in [-0.05, 0) is 37.5 Å². The van der Waals surface area contributed by atoms with Crippen molar-refractivity contribution in [1.29, 1.82) is 0 Å². The Labute approximate surface area is 157 Å². The second-order valence-electron chi connectivity index (χ2n) is 7.09. The Balaban J connectivity index is 1.52. The molecule has 3 aromatic rings. The fourth-order valence-electron chi connectivity index (χ4n) is 3.64. The van der Waals surface area contributed by atoms with Gasteiger partial charge in [0.2, 0.25) is 0 Å². The van der Waals surface area contributed by atoms with E-state index in [4.69, 9.17) is 4.98 Å². The lowest BCUT2D eigenvalue weighted by Gasteiger charge is -2.39. The quantitative estimate of drug-likeness (QED) is 0.771. The van der Waals surface area contributed by atoms with Crippen LogP contribution in [-0.2, 0) is 12.6 Å². The molecule has 7 heteroatoms. The summed E-state index contributed by atoms with van der Waals surface area (Å²) in [7, 11) is 1.88. The maximum Gasteiger partial charge on any atom is 0.147 e. The van der Waals surface area contributed by atoms with Crippen molar-refractivity contribution < 1.29 is 9.50 Å². The molecule has 0 aliphatic carbocycles. The van der Waals surface area contributed by atoms with Crippen molar-refractivity contribution in [2.75, 3.05) is 18.0 Å². The van der Waals surface area contributed by atoms with Crippen LogP contribution < -0.4 is 4.90 Å². The van der Waals surface area contributed by atoms with Gasteiger partial charge in [0.05, 0.1) is 29.4 Å². The van der Waals surface area contributed by atoms with Crippen LogP contribution in [0.3, 0.4) is 0 Å². The molecule has 0 radical (unpaired) electrons. The van der Waals surface area contributed by atoms with Gasteiger partial charge in [-0.15, -0.1) is 0 Å². The van der Waals surface area contributed by atoms with E-state index in [1.165, 1.54) is 12.1 Å². The van der Waals surface area contributed by atoms with Crippen LogP contribution in [0.1, 0.15) is 24.1 Å². The van der Waals surface area contributed by atoms with E-state index in [-0.39, 0.29) is 5.82 Å². The fraction of sp³-hybridized carbons (Fsp3) is 0.350. The van der Waals surface area contributed by atoms with Crippen molar-refractivity contribution in [2.45, 2.75) is 25.4 Å². The summed E-state index contributed by atoms with van der Waals surface area (Å²) in [4.78, 5) is 11.2. The van der Waals surface area contributed by atoms with Gasteiger partial charge in [0, 0.05) is 31.9 Å². The third-order valence-electron chi connectivity index (χ3n) is 5.21. The van der Waals surface area contributed by atoms with Gasteiger partial charge in [0.25, 0.3) is 0 Å². The van der Waals surface area contributed by atoms with Crippen LogP contribution in [0.4, 0.5) is 10.2 Å². The molecule has 140 valence electrons. The largest absolute Gasteiger partial charge is 0.385 e. The van der Waals surface area contributed by atoms with Gasteiger partial charge in [-0.2, -0.15) is 5.10 Å². The van der Waals surface area contributed by atoms with Crippen molar-refractivity contribution in [3.8, 4) is 11.3 Å². The zero-order valence-corrected chi connectivity index (χ0v) is 15.4. The standard InChI is InChI=1S/C20H22FN5O/c1-14-17(13-25(2)24-14)18-11-22-12-19(23-18)26-9-7-20(27,8-10-26)15-3-5-16(21)6-4-15/h3-6,11-13,27H,7-10H2,1-2H3. The Bertz CT molecular complexity index is 945. The molecule has 0 amide bonds. The lowest BCUT2D eigenvalue weighted by Crippen LogP contribution is -2.43. The first-order valence-electron chi connectivity index (χ1n) is 9.01. The van der Waals surface area contributed by atoms with Crippen molar-refractivity contribution in [3.63, 3.8) is 0 Å². The molecule has 0 atom stereocenters. The minimum absolute atomic E-state index is 0.294. The predicted octanol–water partition coefficient (Wildman–Crippen LogP) is 2.81. The number of aliphatic hydroxyl groups is 1. The maximum absolute atomic E-state index is 13.2. The molecule has 27 heavy (non-hydrogen) atoms. The number of nitrogens with zero attached hydrogens (tertiary/aromatic N) is 5. The van der Waals surface area contributed by atoms with Crippen LogP contribution in [0.2, 0.25) is 0 Å². The van der Waals surface area contributed by atoms with Gasteiger partial charge in [-0.3, -0.25) is 9.67 Å². The number of benzene rings is 1. The molecule has 4 rings (SSSR count). The molecule has 0 saturated carbocycles. The SMILES string of the molecule is Cc1nn(C)cc1-c1cncc(N2CCC(O)(c3ccc(F)cc3)CC2)n1. The molecular formula is C20H22FN5O. The van der Waals surface area contributed by atoms with Gasteiger partial charge < -0.3 is 10.0 Å². The van der Waals surface area contributed by atoms with E-state index in [9.17, 15) is 9.50 Å². The molecule has 6 nitrogen and oxygen atoms in total. The Morgan fingerprint density at radius 3 is 2.44 bits per heavy atom.